The molecule has 1 fully saturated rings. The van der Waals surface area contributed by atoms with Crippen molar-refractivity contribution in [1.29, 1.82) is 0 Å². The summed E-state index contributed by atoms with van der Waals surface area (Å²) < 4.78 is 0.907. The Morgan fingerprint density at radius 3 is 2.80 bits per heavy atom. The molecule has 2 N–H and O–H groups in total. The van der Waals surface area contributed by atoms with Gasteiger partial charge in [-0.15, -0.1) is 0 Å². The third kappa shape index (κ3) is 3.32. The maximum atomic E-state index is 11.5. The Morgan fingerprint density at radius 2 is 2.13 bits per heavy atom. The van der Waals surface area contributed by atoms with Crippen LogP contribution < -0.4 is 10.6 Å². The molecule has 1 saturated carbocycles. The Kier molecular flexibility index (Phi) is 3.38. The number of amides is 1. The van der Waals surface area contributed by atoms with Crippen LogP contribution in [0.3, 0.4) is 0 Å². The van der Waals surface area contributed by atoms with Crippen molar-refractivity contribution in [3.8, 4) is 0 Å². The summed E-state index contributed by atoms with van der Waals surface area (Å²) in [4.78, 5) is 11.5. The van der Waals surface area contributed by atoms with Crippen molar-refractivity contribution < 1.29 is 4.79 Å². The fourth-order valence-electron chi connectivity index (χ4n) is 1.28. The molecule has 0 spiro atoms. The average molecular weight is 269 g/mol. The van der Waals surface area contributed by atoms with E-state index in [0.717, 1.165) is 10.2 Å². The molecule has 0 aromatic heterocycles. The van der Waals surface area contributed by atoms with Crippen LogP contribution >= 0.6 is 15.9 Å². The van der Waals surface area contributed by atoms with E-state index >= 15 is 0 Å². The van der Waals surface area contributed by atoms with Crippen LogP contribution in [0.4, 0.5) is 5.69 Å². The number of benzene rings is 1. The molecule has 80 valence electrons. The van der Waals surface area contributed by atoms with E-state index in [1.807, 2.05) is 24.3 Å². The molecule has 1 amide bonds. The highest BCUT2D eigenvalue weighted by molar-refractivity contribution is 9.10. The van der Waals surface area contributed by atoms with Gasteiger partial charge in [-0.25, -0.2) is 0 Å². The molecule has 3 nitrogen and oxygen atoms in total. The molecule has 4 heteroatoms. The molecule has 0 heterocycles. The Balaban J connectivity index is 1.84. The molecule has 15 heavy (non-hydrogen) atoms. The second-order valence-corrected chi connectivity index (χ2v) is 4.54. The van der Waals surface area contributed by atoms with Crippen molar-refractivity contribution in [1.82, 2.24) is 5.32 Å². The van der Waals surface area contributed by atoms with Crippen molar-refractivity contribution in [2.75, 3.05) is 11.9 Å². The average Bonchev–Trinajstić information content (AvgIpc) is 3.02. The zero-order valence-corrected chi connectivity index (χ0v) is 9.88. The van der Waals surface area contributed by atoms with Crippen molar-refractivity contribution in [3.05, 3.63) is 28.7 Å². The lowest BCUT2D eigenvalue weighted by Crippen LogP contribution is -2.29. The normalized spacial score (nSPS) is 15.0. The van der Waals surface area contributed by atoms with E-state index in [2.05, 4.69) is 26.6 Å². The number of anilines is 1. The van der Waals surface area contributed by atoms with E-state index in [0.29, 0.717) is 12.6 Å². The highest BCUT2D eigenvalue weighted by Gasteiger charge is 2.21. The smallest absolute Gasteiger partial charge is 0.238 e. The molecular formula is C11H13BrN2O. The summed E-state index contributed by atoms with van der Waals surface area (Å²) in [5.41, 5.74) is 0.820. The first-order valence-electron chi connectivity index (χ1n) is 5.03. The van der Waals surface area contributed by atoms with Gasteiger partial charge in [0.2, 0.25) is 5.91 Å². The summed E-state index contributed by atoms with van der Waals surface area (Å²) >= 11 is 3.38. The molecule has 2 rings (SSSR count). The second kappa shape index (κ2) is 4.77. The van der Waals surface area contributed by atoms with Gasteiger partial charge in [0.1, 0.15) is 0 Å². The minimum absolute atomic E-state index is 0.00815. The van der Waals surface area contributed by atoms with Crippen LogP contribution in [0.1, 0.15) is 12.8 Å². The number of carbonyl (C=O) groups is 1. The van der Waals surface area contributed by atoms with E-state index in [1.54, 1.807) is 0 Å². The molecule has 0 aliphatic heterocycles. The maximum Gasteiger partial charge on any atom is 0.238 e. The van der Waals surface area contributed by atoms with Crippen molar-refractivity contribution in [2.24, 2.45) is 0 Å². The zero-order chi connectivity index (χ0) is 10.7. The largest absolute Gasteiger partial charge is 0.324 e. The Morgan fingerprint density at radius 1 is 1.40 bits per heavy atom. The lowest BCUT2D eigenvalue weighted by Gasteiger charge is -2.07. The number of rotatable bonds is 4. The number of nitrogens with one attached hydrogen (secondary N) is 2. The molecule has 1 aromatic rings. The SMILES string of the molecule is O=C(CNC1CC1)Nc1ccccc1Br. The minimum atomic E-state index is 0.00815. The van der Waals surface area contributed by atoms with E-state index in [1.165, 1.54) is 12.8 Å². The number of halogens is 1. The Bertz CT molecular complexity index is 363. The predicted molar refractivity (Wildman–Crippen MR) is 63.8 cm³/mol. The predicted octanol–water partition coefficient (Wildman–Crippen LogP) is 2.14. The summed E-state index contributed by atoms with van der Waals surface area (Å²) in [5.74, 6) is 0.00815. The standard InChI is InChI=1S/C11H13BrN2O/c12-9-3-1-2-4-10(9)14-11(15)7-13-8-5-6-8/h1-4,8,13H,5-7H2,(H,14,15). The van der Waals surface area contributed by atoms with Crippen molar-refractivity contribution in [3.63, 3.8) is 0 Å². The number of hydrogen-bond donors (Lipinski definition) is 2. The lowest BCUT2D eigenvalue weighted by molar-refractivity contribution is -0.115. The summed E-state index contributed by atoms with van der Waals surface area (Å²) in [7, 11) is 0. The molecular weight excluding hydrogens is 256 g/mol. The van der Waals surface area contributed by atoms with Gasteiger partial charge in [-0.2, -0.15) is 0 Å². The number of carbonyl (C=O) groups excluding carboxylic acids is 1. The molecule has 0 unspecified atom stereocenters. The first-order valence-corrected chi connectivity index (χ1v) is 5.83. The molecule has 0 radical (unpaired) electrons. The highest BCUT2D eigenvalue weighted by atomic mass is 79.9. The molecule has 0 bridgehead atoms. The molecule has 0 atom stereocenters. The van der Waals surface area contributed by atoms with Crippen LogP contribution in [0.5, 0.6) is 0 Å². The van der Waals surface area contributed by atoms with Gasteiger partial charge in [0.15, 0.2) is 0 Å². The van der Waals surface area contributed by atoms with Gasteiger partial charge in [0.25, 0.3) is 0 Å². The molecule has 1 aromatic carbocycles. The van der Waals surface area contributed by atoms with Crippen molar-refractivity contribution in [2.45, 2.75) is 18.9 Å². The monoisotopic (exact) mass is 268 g/mol. The van der Waals surface area contributed by atoms with Gasteiger partial charge >= 0.3 is 0 Å². The van der Waals surface area contributed by atoms with Crippen molar-refractivity contribution >= 4 is 27.5 Å². The second-order valence-electron chi connectivity index (χ2n) is 3.68. The van der Waals surface area contributed by atoms with E-state index < -0.39 is 0 Å². The van der Waals surface area contributed by atoms with Gasteiger partial charge < -0.3 is 10.6 Å². The lowest BCUT2D eigenvalue weighted by atomic mass is 10.3. The highest BCUT2D eigenvalue weighted by Crippen LogP contribution is 2.21. The number of hydrogen-bond acceptors (Lipinski definition) is 2. The van der Waals surface area contributed by atoms with Gasteiger partial charge in [0, 0.05) is 10.5 Å². The maximum absolute atomic E-state index is 11.5. The van der Waals surface area contributed by atoms with Crippen LogP contribution in [0.15, 0.2) is 28.7 Å². The first kappa shape index (κ1) is 10.6. The van der Waals surface area contributed by atoms with E-state index in [9.17, 15) is 4.79 Å². The topological polar surface area (TPSA) is 41.1 Å². The summed E-state index contributed by atoms with van der Waals surface area (Å²) in [6.45, 7) is 0.395. The van der Waals surface area contributed by atoms with Crippen LogP contribution in [-0.4, -0.2) is 18.5 Å². The van der Waals surface area contributed by atoms with Crippen LogP contribution in [0.25, 0.3) is 0 Å². The Hall–Kier alpha value is -0.870. The minimum Gasteiger partial charge on any atom is -0.324 e. The molecule has 1 aliphatic rings. The van der Waals surface area contributed by atoms with Gasteiger partial charge in [-0.05, 0) is 40.9 Å². The van der Waals surface area contributed by atoms with Gasteiger partial charge in [-0.1, -0.05) is 12.1 Å². The summed E-state index contributed by atoms with van der Waals surface area (Å²) in [6.07, 6.45) is 2.39. The van der Waals surface area contributed by atoms with E-state index in [-0.39, 0.29) is 5.91 Å². The fourth-order valence-corrected chi connectivity index (χ4v) is 1.67. The molecule has 1 aliphatic carbocycles. The third-order valence-corrected chi connectivity index (χ3v) is 2.97. The fraction of sp³-hybridized carbons (Fsp3) is 0.364. The zero-order valence-electron chi connectivity index (χ0n) is 8.29. The van der Waals surface area contributed by atoms with Crippen LogP contribution in [0, 0.1) is 0 Å². The quantitative estimate of drug-likeness (QED) is 0.879. The Labute approximate surface area is 97.4 Å². The third-order valence-electron chi connectivity index (χ3n) is 2.28. The van der Waals surface area contributed by atoms with Gasteiger partial charge in [-0.3, -0.25) is 4.79 Å². The van der Waals surface area contributed by atoms with Crippen LogP contribution in [-0.2, 0) is 4.79 Å². The first-order chi connectivity index (χ1) is 7.25. The van der Waals surface area contributed by atoms with Gasteiger partial charge in [0.05, 0.1) is 12.2 Å². The summed E-state index contributed by atoms with van der Waals surface area (Å²) in [6, 6.07) is 8.16. The molecule has 0 saturated heterocycles. The van der Waals surface area contributed by atoms with E-state index in [4.69, 9.17) is 0 Å². The summed E-state index contributed by atoms with van der Waals surface area (Å²) in [5, 5.41) is 6.01. The number of para-hydroxylation sites is 1. The van der Waals surface area contributed by atoms with Crippen LogP contribution in [0.2, 0.25) is 0 Å².